The molecule has 0 saturated heterocycles. The molecule has 4 heterocycles. The minimum Gasteiger partial charge on any atom is -0.455 e. The first-order valence-corrected chi connectivity index (χ1v) is 15.4. The number of hydrogen-bond donors (Lipinski definition) is 0. The molecule has 0 radical (unpaired) electrons. The fraction of sp³-hybridized carbons (Fsp3) is 0. The van der Waals surface area contributed by atoms with Crippen molar-refractivity contribution in [3.63, 3.8) is 0 Å². The molecule has 7 aromatic carbocycles. The normalized spacial score (nSPS) is 17.4. The van der Waals surface area contributed by atoms with Gasteiger partial charge in [-0.2, -0.15) is 15.0 Å². The number of benzene rings is 7. The van der Waals surface area contributed by atoms with E-state index in [0.717, 1.165) is 9.13 Å². The van der Waals surface area contributed by atoms with Crippen molar-refractivity contribution in [2.75, 3.05) is 0 Å². The summed E-state index contributed by atoms with van der Waals surface area (Å²) >= 11 is 0. The van der Waals surface area contributed by atoms with E-state index in [9.17, 15) is 8.22 Å². The Morgan fingerprint density at radius 2 is 1.02 bits per heavy atom. The molecule has 0 N–H and O–H groups in total. The van der Waals surface area contributed by atoms with Crippen LogP contribution in [0.3, 0.4) is 0 Å². The van der Waals surface area contributed by atoms with Gasteiger partial charge in [0.15, 0.2) is 5.82 Å². The van der Waals surface area contributed by atoms with Crippen molar-refractivity contribution in [2.24, 2.45) is 0 Å². The topological polar surface area (TPSA) is 61.7 Å². The third-order valence-corrected chi connectivity index (χ3v) is 8.60. The van der Waals surface area contributed by atoms with E-state index in [1.165, 1.54) is 0 Å². The van der Waals surface area contributed by atoms with Crippen LogP contribution in [0.1, 0.15) is 27.4 Å². The minimum atomic E-state index is -0.826. The zero-order valence-corrected chi connectivity index (χ0v) is 25.7. The highest BCUT2D eigenvalue weighted by Crippen LogP contribution is 2.38. The van der Waals surface area contributed by atoms with Gasteiger partial charge in [-0.05, 0) is 47.4 Å². The molecule has 0 bridgehead atoms. The number of aromatic nitrogens is 5. The predicted molar refractivity (Wildman–Crippen MR) is 207 cm³/mol. The van der Waals surface area contributed by atoms with Crippen LogP contribution in [0.25, 0.3) is 100.0 Å². The van der Waals surface area contributed by atoms with Crippen LogP contribution < -0.4 is 0 Å². The lowest BCUT2D eigenvalue weighted by atomic mass is 10.0. The number of furan rings is 1. The fourth-order valence-electron chi connectivity index (χ4n) is 6.43. The monoisotopic (exact) mass is 673 g/mol. The van der Waals surface area contributed by atoms with Gasteiger partial charge in [0.2, 0.25) is 11.9 Å². The molecule has 51 heavy (non-hydrogen) atoms. The highest BCUT2D eigenvalue weighted by Gasteiger charge is 2.22. The van der Waals surface area contributed by atoms with Crippen molar-refractivity contribution in [1.29, 1.82) is 0 Å². The highest BCUT2D eigenvalue weighted by molar-refractivity contribution is 6.11. The first kappa shape index (κ1) is 14.8. The van der Waals surface area contributed by atoms with Crippen molar-refractivity contribution < 1.29 is 31.8 Å². The van der Waals surface area contributed by atoms with E-state index in [-0.39, 0.29) is 27.7 Å². The molecule has 11 aromatic rings. The van der Waals surface area contributed by atoms with Crippen LogP contribution in [0, 0.1) is 0 Å². The van der Waals surface area contributed by atoms with E-state index in [0.29, 0.717) is 16.4 Å². The molecule has 0 aliphatic heterocycles. The lowest BCUT2D eigenvalue weighted by Crippen LogP contribution is -2.10. The Balaban J connectivity index is 1.40. The summed E-state index contributed by atoms with van der Waals surface area (Å²) in [6.07, 6.45) is 0. The van der Waals surface area contributed by atoms with Gasteiger partial charge >= 0.3 is 0 Å². The fourth-order valence-corrected chi connectivity index (χ4v) is 6.43. The molecular formula is C45H27N5O. The summed E-state index contributed by atoms with van der Waals surface area (Å²) in [5, 5.41) is -0.212. The molecular weight excluding hydrogens is 627 g/mol. The number of fused-ring (bicyclic) bond motifs is 9. The van der Waals surface area contributed by atoms with Gasteiger partial charge in [-0.3, -0.25) is 9.13 Å². The van der Waals surface area contributed by atoms with Crippen LogP contribution in [0.2, 0.25) is 0 Å². The molecule has 4 aromatic heterocycles. The Morgan fingerprint density at radius 1 is 0.451 bits per heavy atom. The van der Waals surface area contributed by atoms with Gasteiger partial charge < -0.3 is 4.42 Å². The SMILES string of the molecule is [2H]c1c([2H])c([2H])c(-c2c([2H])c([2H])c3c4c([2H])c([2H])c([2H])c([2H])c4n(-c4nc(-c5cccc6c5oc5ccccc56)nc(-n5c6c([2H])c([2H])c([2H])c([2H])c6c6c([2H])c([2H])c([2H])c([2H])c65)n4)c3c2[2H])c([2H])c1[2H]. The second-order valence-corrected chi connectivity index (χ2v) is 11.4. The van der Waals surface area contributed by atoms with Gasteiger partial charge in [0.25, 0.3) is 0 Å². The number of para-hydroxylation sites is 5. The van der Waals surface area contributed by atoms with Crippen molar-refractivity contribution in [2.45, 2.75) is 0 Å². The Labute approximate surface area is 319 Å². The van der Waals surface area contributed by atoms with Crippen LogP contribution in [0.4, 0.5) is 0 Å². The summed E-state index contributed by atoms with van der Waals surface area (Å²) in [5.41, 5.74) is -2.22. The van der Waals surface area contributed by atoms with Crippen LogP contribution in [-0.4, -0.2) is 24.1 Å². The molecule has 238 valence electrons. The van der Waals surface area contributed by atoms with Gasteiger partial charge in [-0.1, -0.05) is 127 Å². The molecule has 0 fully saturated rings. The molecule has 0 amide bonds. The van der Waals surface area contributed by atoms with Crippen molar-refractivity contribution in [1.82, 2.24) is 24.1 Å². The molecule has 6 nitrogen and oxygen atoms in total. The first-order valence-electron chi connectivity index (χ1n) is 25.4. The number of rotatable bonds is 4. The molecule has 0 unspecified atom stereocenters. The van der Waals surface area contributed by atoms with E-state index in [1.54, 1.807) is 42.5 Å². The minimum absolute atomic E-state index is 0.149. The second kappa shape index (κ2) is 10.7. The van der Waals surface area contributed by atoms with Gasteiger partial charge in [0.1, 0.15) is 11.2 Å². The number of hydrogen-bond acceptors (Lipinski definition) is 4. The van der Waals surface area contributed by atoms with Crippen molar-refractivity contribution in [3.05, 3.63) is 163 Å². The van der Waals surface area contributed by atoms with Crippen LogP contribution in [0.15, 0.2) is 168 Å². The maximum absolute atomic E-state index is 9.82. The van der Waals surface area contributed by atoms with E-state index >= 15 is 0 Å². The number of nitrogens with zero attached hydrogens (tertiary/aromatic N) is 5. The summed E-state index contributed by atoms with van der Waals surface area (Å²) in [7, 11) is 0. The van der Waals surface area contributed by atoms with Crippen LogP contribution in [0.5, 0.6) is 0 Å². The summed E-state index contributed by atoms with van der Waals surface area (Å²) < 4.78 is 186. The molecule has 0 aliphatic carbocycles. The van der Waals surface area contributed by atoms with Gasteiger partial charge in [0, 0.05) is 32.3 Å². The Kier molecular flexibility index (Phi) is 3.12. The quantitative estimate of drug-likeness (QED) is 0.187. The molecule has 0 spiro atoms. The standard InChI is InChI=1S/C45H27N5O/c1-2-13-28(14-3-1)29-25-26-33-32-17-6-10-23-39(32)50(40(33)27-29)45-47-43(36-20-12-19-35-34-18-7-11-24-41(34)51-42(35)36)46-44(48-45)49-37-21-8-4-15-30(37)31-16-5-9-22-38(31)49/h1-27H/i1D,2D,3D,4D,5D,6D,8D,9D,10D,13D,14D,15D,16D,17D,21D,22D,23D,25D,26D,27D. The lowest BCUT2D eigenvalue weighted by molar-refractivity contribution is 0.669. The largest absolute Gasteiger partial charge is 0.455 e. The van der Waals surface area contributed by atoms with Gasteiger partial charge in [-0.15, -0.1) is 0 Å². The third-order valence-electron chi connectivity index (χ3n) is 8.60. The molecule has 0 atom stereocenters. The zero-order chi connectivity index (χ0) is 50.9. The summed E-state index contributed by atoms with van der Waals surface area (Å²) in [6, 6.07) is -3.15. The van der Waals surface area contributed by atoms with Crippen LogP contribution >= 0.6 is 0 Å². The smallest absolute Gasteiger partial charge is 0.240 e. The highest BCUT2D eigenvalue weighted by atomic mass is 16.3. The van der Waals surface area contributed by atoms with E-state index < -0.39 is 177 Å². The van der Waals surface area contributed by atoms with E-state index in [1.807, 2.05) is 0 Å². The third kappa shape index (κ3) is 4.14. The van der Waals surface area contributed by atoms with Gasteiger partial charge in [0.05, 0.1) is 55.0 Å². The average molecular weight is 674 g/mol. The predicted octanol–water partition coefficient (Wildman–Crippen LogP) is 11.3. The first-order chi connectivity index (χ1) is 33.6. The molecule has 0 aliphatic rings. The average Bonchev–Trinajstić information content (AvgIpc) is 4.05. The molecule has 6 heteroatoms. The Bertz CT molecular complexity index is 4210. The zero-order valence-electron chi connectivity index (χ0n) is 45.7. The maximum Gasteiger partial charge on any atom is 0.240 e. The molecule has 0 saturated carbocycles. The molecule has 11 rings (SSSR count). The van der Waals surface area contributed by atoms with Crippen LogP contribution in [-0.2, 0) is 0 Å². The maximum atomic E-state index is 9.82. The Morgan fingerprint density at radius 3 is 1.71 bits per heavy atom. The van der Waals surface area contributed by atoms with E-state index in [4.69, 9.17) is 38.6 Å². The van der Waals surface area contributed by atoms with Gasteiger partial charge in [-0.25, -0.2) is 0 Å². The van der Waals surface area contributed by atoms with Crippen molar-refractivity contribution in [3.8, 4) is 34.4 Å². The lowest BCUT2D eigenvalue weighted by Gasteiger charge is -2.13. The summed E-state index contributed by atoms with van der Waals surface area (Å²) in [6.45, 7) is 0. The summed E-state index contributed by atoms with van der Waals surface area (Å²) in [4.78, 5) is 14.4. The van der Waals surface area contributed by atoms with E-state index in [2.05, 4.69) is 0 Å². The van der Waals surface area contributed by atoms with Crippen molar-refractivity contribution >= 4 is 65.6 Å². The second-order valence-electron chi connectivity index (χ2n) is 11.4. The summed E-state index contributed by atoms with van der Waals surface area (Å²) in [5.74, 6) is -1.48. The Hall–Kier alpha value is -7.05.